The Hall–Kier alpha value is -1.20. The van der Waals surface area contributed by atoms with Gasteiger partial charge in [-0.15, -0.1) is 0 Å². The second-order valence-corrected chi connectivity index (χ2v) is 1.35. The van der Waals surface area contributed by atoms with Crippen molar-refractivity contribution in [3.8, 4) is 0 Å². The first kappa shape index (κ1) is 8.80. The summed E-state index contributed by atoms with van der Waals surface area (Å²) in [6.45, 7) is 0. The summed E-state index contributed by atoms with van der Waals surface area (Å²) in [7, 11) is 0. The average molecular weight is 154 g/mol. The molecule has 58 valence electrons. The van der Waals surface area contributed by atoms with Crippen molar-refractivity contribution in [3.05, 3.63) is 12.3 Å². The summed E-state index contributed by atoms with van der Waals surface area (Å²) in [6.07, 6.45) is -3.38. The first-order valence-electron chi connectivity index (χ1n) is 2.23. The molecule has 0 saturated carbocycles. The van der Waals surface area contributed by atoms with E-state index in [0.717, 1.165) is 6.20 Å². The molecule has 10 heavy (non-hydrogen) atoms. The summed E-state index contributed by atoms with van der Waals surface area (Å²) in [5.41, 5.74) is 4.64. The van der Waals surface area contributed by atoms with E-state index in [0.29, 0.717) is 11.4 Å². The predicted molar refractivity (Wildman–Crippen MR) is 27.5 cm³/mol. The Balaban J connectivity index is 3.81. The van der Waals surface area contributed by atoms with E-state index in [2.05, 4.69) is 5.73 Å². The Labute approximate surface area is 54.7 Å². The van der Waals surface area contributed by atoms with Crippen molar-refractivity contribution in [2.75, 3.05) is 0 Å². The molecule has 0 saturated heterocycles. The normalized spacial score (nSPS) is 11.9. The van der Waals surface area contributed by atoms with E-state index in [1.165, 1.54) is 0 Å². The molecule has 0 aromatic rings. The molecule has 0 aliphatic heterocycles. The van der Waals surface area contributed by atoms with Crippen molar-refractivity contribution in [1.82, 2.24) is 5.32 Å². The number of nitrogens with one attached hydrogen (secondary N) is 1. The van der Waals surface area contributed by atoms with Crippen LogP contribution in [0.5, 0.6) is 0 Å². The van der Waals surface area contributed by atoms with Gasteiger partial charge in [0, 0.05) is 6.08 Å². The predicted octanol–water partition coefficient (Wildman–Crippen LogP) is 0.0948. The van der Waals surface area contributed by atoms with Gasteiger partial charge in [-0.2, -0.15) is 13.2 Å². The minimum absolute atomic E-state index is 0.577. The molecule has 0 atom stereocenters. The third kappa shape index (κ3) is 4.95. The highest BCUT2D eigenvalue weighted by Gasteiger charge is 2.28. The highest BCUT2D eigenvalue weighted by molar-refractivity contribution is 5.87. The van der Waals surface area contributed by atoms with Crippen molar-refractivity contribution in [2.24, 2.45) is 5.73 Å². The smallest absolute Gasteiger partial charge is 0.404 e. The first-order valence-corrected chi connectivity index (χ1v) is 2.23. The molecule has 1 amide bonds. The molecule has 0 unspecified atom stereocenters. The van der Waals surface area contributed by atoms with Gasteiger partial charge in [0.25, 0.3) is 5.91 Å². The van der Waals surface area contributed by atoms with Crippen molar-refractivity contribution in [2.45, 2.75) is 6.30 Å². The van der Waals surface area contributed by atoms with E-state index >= 15 is 0 Å². The van der Waals surface area contributed by atoms with Crippen LogP contribution in [0.3, 0.4) is 0 Å². The lowest BCUT2D eigenvalue weighted by molar-refractivity contribution is -0.166. The molecule has 0 heterocycles. The average Bonchev–Trinajstić information content (AvgIpc) is 1.59. The fraction of sp³-hybridized carbons (Fsp3) is 0.250. The first-order chi connectivity index (χ1) is 4.45. The Morgan fingerprint density at radius 3 is 2.30 bits per heavy atom. The third-order valence-corrected chi connectivity index (χ3v) is 0.513. The van der Waals surface area contributed by atoms with Gasteiger partial charge in [-0.05, 0) is 6.20 Å². The van der Waals surface area contributed by atoms with Gasteiger partial charge >= 0.3 is 6.30 Å². The maximum atomic E-state index is 11.2. The largest absolute Gasteiger partial charge is 0.484 e. The van der Waals surface area contributed by atoms with Gasteiger partial charge in [0.2, 0.25) is 0 Å². The molecule has 0 aliphatic carbocycles. The molecule has 0 bridgehead atoms. The van der Waals surface area contributed by atoms with Crippen LogP contribution in [0.2, 0.25) is 0 Å². The zero-order valence-electron chi connectivity index (χ0n) is 4.77. The number of halogens is 3. The van der Waals surface area contributed by atoms with E-state index in [1.54, 1.807) is 0 Å². The van der Waals surface area contributed by atoms with Crippen LogP contribution in [-0.2, 0) is 4.79 Å². The molecule has 0 fully saturated rings. The molecule has 0 aromatic carbocycles. The highest BCUT2D eigenvalue weighted by Crippen LogP contribution is 2.08. The number of amides is 1. The summed E-state index contributed by atoms with van der Waals surface area (Å²) in [4.78, 5) is 10.1. The molecular weight excluding hydrogens is 149 g/mol. The Bertz CT molecular complexity index is 151. The van der Waals surface area contributed by atoms with Crippen LogP contribution in [0.1, 0.15) is 0 Å². The zero-order valence-corrected chi connectivity index (χ0v) is 4.77. The van der Waals surface area contributed by atoms with Gasteiger partial charge in [0.15, 0.2) is 0 Å². The number of rotatable bonds is 1. The van der Waals surface area contributed by atoms with Gasteiger partial charge in [0.05, 0.1) is 0 Å². The number of carbonyl (C=O) groups is 1. The van der Waals surface area contributed by atoms with Gasteiger partial charge in [-0.3, -0.25) is 10.1 Å². The fourth-order valence-corrected chi connectivity index (χ4v) is 0.269. The van der Waals surface area contributed by atoms with Crippen LogP contribution >= 0.6 is 0 Å². The standard InChI is InChI=1S/C4H5F3N2O/c5-4(6,7)9-3(10)1-2-8/h1-2H,8H2,(H,9,10)/b2-1+. The third-order valence-electron chi connectivity index (χ3n) is 0.513. The number of hydrogen-bond donors (Lipinski definition) is 2. The number of carbonyl (C=O) groups excluding carboxylic acids is 1. The van der Waals surface area contributed by atoms with Crippen LogP contribution in [0, 0.1) is 0 Å². The lowest BCUT2D eigenvalue weighted by atomic mass is 10.6. The Kier molecular flexibility index (Phi) is 2.72. The Morgan fingerprint density at radius 1 is 1.50 bits per heavy atom. The van der Waals surface area contributed by atoms with Gasteiger partial charge < -0.3 is 5.73 Å². The van der Waals surface area contributed by atoms with E-state index in [-0.39, 0.29) is 0 Å². The number of nitrogens with two attached hydrogens (primary N) is 1. The summed E-state index contributed by atoms with van der Waals surface area (Å²) in [5.74, 6) is -1.28. The van der Waals surface area contributed by atoms with E-state index < -0.39 is 12.2 Å². The zero-order chi connectivity index (χ0) is 8.20. The molecular formula is C4H5F3N2O. The Morgan fingerprint density at radius 2 is 2.00 bits per heavy atom. The molecule has 6 heteroatoms. The second-order valence-electron chi connectivity index (χ2n) is 1.35. The van der Waals surface area contributed by atoms with Crippen LogP contribution in [0.15, 0.2) is 12.3 Å². The van der Waals surface area contributed by atoms with Crippen LogP contribution in [0.4, 0.5) is 13.2 Å². The molecule has 3 nitrogen and oxygen atoms in total. The van der Waals surface area contributed by atoms with E-state index in [1.807, 2.05) is 0 Å². The van der Waals surface area contributed by atoms with Gasteiger partial charge in [-0.1, -0.05) is 0 Å². The topological polar surface area (TPSA) is 55.1 Å². The van der Waals surface area contributed by atoms with Gasteiger partial charge in [-0.25, -0.2) is 0 Å². The van der Waals surface area contributed by atoms with Crippen LogP contribution in [-0.4, -0.2) is 12.2 Å². The summed E-state index contributed by atoms with van der Waals surface area (Å²) < 4.78 is 33.7. The van der Waals surface area contributed by atoms with Crippen molar-refractivity contribution < 1.29 is 18.0 Å². The molecule has 0 aromatic heterocycles. The van der Waals surface area contributed by atoms with Crippen LogP contribution in [0.25, 0.3) is 0 Å². The maximum Gasteiger partial charge on any atom is 0.484 e. The van der Waals surface area contributed by atoms with E-state index in [9.17, 15) is 18.0 Å². The maximum absolute atomic E-state index is 11.2. The summed E-state index contributed by atoms with van der Waals surface area (Å²) in [6, 6.07) is 0. The highest BCUT2D eigenvalue weighted by atomic mass is 19.4. The molecule has 0 spiro atoms. The lowest BCUT2D eigenvalue weighted by Crippen LogP contribution is -2.36. The fourth-order valence-electron chi connectivity index (χ4n) is 0.269. The minimum atomic E-state index is -4.68. The summed E-state index contributed by atoms with van der Waals surface area (Å²) in [5, 5.41) is 0.714. The molecule has 0 aliphatic rings. The van der Waals surface area contributed by atoms with Crippen LogP contribution < -0.4 is 11.1 Å². The monoisotopic (exact) mass is 154 g/mol. The lowest BCUT2D eigenvalue weighted by Gasteiger charge is -2.04. The summed E-state index contributed by atoms with van der Waals surface area (Å²) >= 11 is 0. The van der Waals surface area contributed by atoms with Gasteiger partial charge in [0.1, 0.15) is 0 Å². The number of alkyl halides is 3. The van der Waals surface area contributed by atoms with Crippen molar-refractivity contribution >= 4 is 5.91 Å². The molecule has 0 radical (unpaired) electrons. The molecule has 3 N–H and O–H groups in total. The quantitative estimate of drug-likeness (QED) is 0.415. The van der Waals surface area contributed by atoms with E-state index in [4.69, 9.17) is 0 Å². The van der Waals surface area contributed by atoms with Crippen molar-refractivity contribution in [3.63, 3.8) is 0 Å². The molecule has 0 rings (SSSR count). The second kappa shape index (κ2) is 3.09. The number of hydrogen-bond acceptors (Lipinski definition) is 2. The SMILES string of the molecule is N/C=C/C(=O)NC(F)(F)F. The minimum Gasteiger partial charge on any atom is -0.404 e. The van der Waals surface area contributed by atoms with Crippen molar-refractivity contribution in [1.29, 1.82) is 0 Å².